The second-order valence-corrected chi connectivity index (χ2v) is 7.63. The van der Waals surface area contributed by atoms with E-state index in [0.29, 0.717) is 5.41 Å². The van der Waals surface area contributed by atoms with Crippen LogP contribution in [0, 0.1) is 5.41 Å². The van der Waals surface area contributed by atoms with Crippen LogP contribution in [-0.4, -0.2) is 12.6 Å². The number of hydrogen-bond donors (Lipinski definition) is 1. The van der Waals surface area contributed by atoms with E-state index >= 15 is 0 Å². The van der Waals surface area contributed by atoms with Gasteiger partial charge in [-0.25, -0.2) is 0 Å². The number of rotatable bonds is 15. The van der Waals surface area contributed by atoms with Crippen molar-refractivity contribution in [2.24, 2.45) is 5.41 Å². The third kappa shape index (κ3) is 8.86. The van der Waals surface area contributed by atoms with Crippen LogP contribution < -0.4 is 5.32 Å². The average molecular weight is 296 g/mol. The van der Waals surface area contributed by atoms with Gasteiger partial charge < -0.3 is 5.32 Å². The number of nitrogens with one attached hydrogen (secondary N) is 1. The molecule has 1 atom stereocenters. The summed E-state index contributed by atoms with van der Waals surface area (Å²) in [5.41, 5.74) is 0.647. The van der Waals surface area contributed by atoms with E-state index in [0.717, 1.165) is 6.04 Å². The molecule has 1 unspecified atom stereocenters. The summed E-state index contributed by atoms with van der Waals surface area (Å²) in [5, 5.41) is 3.80. The van der Waals surface area contributed by atoms with Crippen LogP contribution in [0.4, 0.5) is 0 Å². The van der Waals surface area contributed by atoms with Crippen molar-refractivity contribution in [3.05, 3.63) is 0 Å². The molecule has 1 aliphatic rings. The summed E-state index contributed by atoms with van der Waals surface area (Å²) in [6, 6.07) is 0.798. The lowest BCUT2D eigenvalue weighted by Crippen LogP contribution is -2.36. The number of hydrogen-bond acceptors (Lipinski definition) is 1. The predicted octanol–water partition coefficient (Wildman–Crippen LogP) is 6.47. The molecular weight excluding hydrogens is 254 g/mol. The normalized spacial score (nSPS) is 17.9. The van der Waals surface area contributed by atoms with E-state index in [4.69, 9.17) is 0 Å². The zero-order chi connectivity index (χ0) is 15.4. The van der Waals surface area contributed by atoms with Gasteiger partial charge in [0.15, 0.2) is 0 Å². The van der Waals surface area contributed by atoms with E-state index in [9.17, 15) is 0 Å². The van der Waals surface area contributed by atoms with Crippen molar-refractivity contribution in [1.82, 2.24) is 5.32 Å². The Balaban J connectivity index is 1.92. The predicted molar refractivity (Wildman–Crippen MR) is 95.9 cm³/mol. The van der Waals surface area contributed by atoms with E-state index in [1.807, 2.05) is 0 Å². The topological polar surface area (TPSA) is 12.0 Å². The molecule has 1 saturated carbocycles. The van der Waals surface area contributed by atoms with Gasteiger partial charge in [0.2, 0.25) is 0 Å². The van der Waals surface area contributed by atoms with Crippen molar-refractivity contribution in [1.29, 1.82) is 0 Å². The molecule has 0 saturated heterocycles. The molecule has 1 N–H and O–H groups in total. The van der Waals surface area contributed by atoms with Crippen molar-refractivity contribution < 1.29 is 0 Å². The van der Waals surface area contributed by atoms with Crippen molar-refractivity contribution in [3.8, 4) is 0 Å². The molecule has 1 rings (SSSR count). The molecule has 1 nitrogen and oxygen atoms in total. The third-order valence-electron chi connectivity index (χ3n) is 5.37. The first-order chi connectivity index (χ1) is 10.2. The maximum atomic E-state index is 3.80. The Kier molecular flexibility index (Phi) is 10.4. The van der Waals surface area contributed by atoms with Gasteiger partial charge in [-0.1, -0.05) is 85.0 Å². The highest BCUT2D eigenvalue weighted by atomic mass is 14.9. The summed E-state index contributed by atoms with van der Waals surface area (Å²) in [4.78, 5) is 0. The van der Waals surface area contributed by atoms with E-state index in [1.165, 1.54) is 96.4 Å². The van der Waals surface area contributed by atoms with Crippen LogP contribution in [0.1, 0.15) is 111 Å². The van der Waals surface area contributed by atoms with Gasteiger partial charge in [-0.15, -0.1) is 0 Å². The molecule has 0 aliphatic heterocycles. The minimum Gasteiger partial charge on any atom is -0.313 e. The SMILES string of the molecule is CCCCCCCCCCCCC(NCCC)C1(C)CC1. The summed E-state index contributed by atoms with van der Waals surface area (Å²) in [7, 11) is 0. The zero-order valence-electron chi connectivity index (χ0n) is 15.2. The van der Waals surface area contributed by atoms with Crippen molar-refractivity contribution in [3.63, 3.8) is 0 Å². The lowest BCUT2D eigenvalue weighted by Gasteiger charge is -2.25. The molecule has 0 aromatic carbocycles. The summed E-state index contributed by atoms with van der Waals surface area (Å²) >= 11 is 0. The minimum atomic E-state index is 0.647. The van der Waals surface area contributed by atoms with Gasteiger partial charge >= 0.3 is 0 Å². The molecule has 0 spiro atoms. The minimum absolute atomic E-state index is 0.647. The number of unbranched alkanes of at least 4 members (excludes halogenated alkanes) is 9. The van der Waals surface area contributed by atoms with Gasteiger partial charge in [0.05, 0.1) is 0 Å². The first kappa shape index (κ1) is 19.0. The molecule has 0 radical (unpaired) electrons. The molecule has 0 bridgehead atoms. The van der Waals surface area contributed by atoms with E-state index < -0.39 is 0 Å². The van der Waals surface area contributed by atoms with E-state index in [2.05, 4.69) is 26.1 Å². The second kappa shape index (κ2) is 11.5. The van der Waals surface area contributed by atoms with Crippen LogP contribution in [-0.2, 0) is 0 Å². The van der Waals surface area contributed by atoms with Gasteiger partial charge in [0, 0.05) is 6.04 Å². The standard InChI is InChI=1S/C20H41N/c1-4-6-7-8-9-10-11-12-13-14-15-19(21-18-5-2)20(3)16-17-20/h19,21H,4-18H2,1-3H3. The van der Waals surface area contributed by atoms with Gasteiger partial charge in [-0.05, 0) is 37.6 Å². The Labute approximate surface area is 134 Å². The van der Waals surface area contributed by atoms with Crippen LogP contribution in [0.2, 0.25) is 0 Å². The molecule has 126 valence electrons. The highest BCUT2D eigenvalue weighted by Gasteiger charge is 2.43. The largest absolute Gasteiger partial charge is 0.313 e. The maximum absolute atomic E-state index is 3.80. The van der Waals surface area contributed by atoms with Crippen molar-refractivity contribution in [2.75, 3.05) is 6.54 Å². The van der Waals surface area contributed by atoms with Gasteiger partial charge in [-0.2, -0.15) is 0 Å². The fraction of sp³-hybridized carbons (Fsp3) is 1.00. The monoisotopic (exact) mass is 295 g/mol. The zero-order valence-corrected chi connectivity index (χ0v) is 15.2. The van der Waals surface area contributed by atoms with E-state index in [1.54, 1.807) is 0 Å². The molecule has 0 amide bonds. The van der Waals surface area contributed by atoms with Crippen LogP contribution in [0.3, 0.4) is 0 Å². The maximum Gasteiger partial charge on any atom is 0.0121 e. The molecule has 1 fully saturated rings. The molecule has 1 aliphatic carbocycles. The van der Waals surface area contributed by atoms with E-state index in [-0.39, 0.29) is 0 Å². The quantitative estimate of drug-likeness (QED) is 0.342. The molecule has 0 aromatic heterocycles. The Hall–Kier alpha value is -0.0400. The van der Waals surface area contributed by atoms with Crippen LogP contribution in [0.15, 0.2) is 0 Å². The van der Waals surface area contributed by atoms with Gasteiger partial charge in [0.25, 0.3) is 0 Å². The smallest absolute Gasteiger partial charge is 0.0121 e. The lowest BCUT2D eigenvalue weighted by molar-refractivity contribution is 0.327. The van der Waals surface area contributed by atoms with Crippen molar-refractivity contribution in [2.45, 2.75) is 117 Å². The van der Waals surface area contributed by atoms with Crippen LogP contribution in [0.25, 0.3) is 0 Å². The van der Waals surface area contributed by atoms with Crippen molar-refractivity contribution >= 4 is 0 Å². The summed E-state index contributed by atoms with van der Waals surface area (Å²) in [5.74, 6) is 0. The Morgan fingerprint density at radius 2 is 1.29 bits per heavy atom. The molecule has 1 heteroatoms. The van der Waals surface area contributed by atoms with Crippen LogP contribution in [0.5, 0.6) is 0 Å². The van der Waals surface area contributed by atoms with Crippen LogP contribution >= 0.6 is 0 Å². The van der Waals surface area contributed by atoms with Gasteiger partial charge in [-0.3, -0.25) is 0 Å². The first-order valence-electron chi connectivity index (χ1n) is 9.96. The molecule has 21 heavy (non-hydrogen) atoms. The Morgan fingerprint density at radius 3 is 1.76 bits per heavy atom. The Morgan fingerprint density at radius 1 is 0.762 bits per heavy atom. The lowest BCUT2D eigenvalue weighted by atomic mass is 9.93. The fourth-order valence-corrected chi connectivity index (χ4v) is 3.40. The summed E-state index contributed by atoms with van der Waals surface area (Å²) in [6.07, 6.45) is 20.1. The first-order valence-corrected chi connectivity index (χ1v) is 9.96. The van der Waals surface area contributed by atoms with Gasteiger partial charge in [0.1, 0.15) is 0 Å². The average Bonchev–Trinajstić information content (AvgIpc) is 3.23. The molecular formula is C20H41N. The highest BCUT2D eigenvalue weighted by molar-refractivity contribution is 4.98. The summed E-state index contributed by atoms with van der Waals surface area (Å²) < 4.78 is 0. The third-order valence-corrected chi connectivity index (χ3v) is 5.37. The second-order valence-electron chi connectivity index (χ2n) is 7.63. The molecule has 0 aromatic rings. The Bertz CT molecular complexity index is 232. The molecule has 0 heterocycles. The highest BCUT2D eigenvalue weighted by Crippen LogP contribution is 2.49. The summed E-state index contributed by atoms with van der Waals surface area (Å²) in [6.45, 7) is 8.26. The fourth-order valence-electron chi connectivity index (χ4n) is 3.40.